The summed E-state index contributed by atoms with van der Waals surface area (Å²) in [5, 5.41) is 7.66. The number of benzene rings is 1. The molecule has 9 heteroatoms. The van der Waals surface area contributed by atoms with Crippen molar-refractivity contribution in [3.05, 3.63) is 48.6 Å². The van der Waals surface area contributed by atoms with Gasteiger partial charge in [-0.3, -0.25) is 9.59 Å². The van der Waals surface area contributed by atoms with Gasteiger partial charge in [-0.25, -0.2) is 9.59 Å². The molecule has 9 nitrogen and oxygen atoms in total. The Hall–Kier alpha value is -3.36. The largest absolute Gasteiger partial charge is 0.464 e. The van der Waals surface area contributed by atoms with Crippen LogP contribution >= 0.6 is 0 Å². The lowest BCUT2D eigenvalue weighted by Crippen LogP contribution is -2.51. The zero-order valence-electron chi connectivity index (χ0n) is 18.7. The van der Waals surface area contributed by atoms with Crippen LogP contribution in [-0.2, 0) is 30.5 Å². The van der Waals surface area contributed by atoms with Crippen molar-refractivity contribution in [1.82, 2.24) is 16.0 Å². The monoisotopic (exact) mass is 447 g/mol. The van der Waals surface area contributed by atoms with Gasteiger partial charge in [0.2, 0.25) is 11.8 Å². The van der Waals surface area contributed by atoms with Gasteiger partial charge in [-0.05, 0) is 37.8 Å². The second-order valence-electron chi connectivity index (χ2n) is 7.15. The molecule has 0 radical (unpaired) electrons. The van der Waals surface area contributed by atoms with Crippen LogP contribution in [0.2, 0.25) is 0 Å². The van der Waals surface area contributed by atoms with Crippen LogP contribution in [0.1, 0.15) is 45.1 Å². The lowest BCUT2D eigenvalue weighted by molar-refractivity contribution is -0.148. The molecule has 0 aliphatic rings. The number of rotatable bonds is 14. The molecule has 0 saturated carbocycles. The van der Waals surface area contributed by atoms with Crippen LogP contribution in [0, 0.1) is 0 Å². The topological polar surface area (TPSA) is 123 Å². The van der Waals surface area contributed by atoms with Crippen molar-refractivity contribution in [2.24, 2.45) is 0 Å². The number of carbonyl (C=O) groups is 4. The van der Waals surface area contributed by atoms with E-state index in [9.17, 15) is 19.2 Å². The predicted octanol–water partition coefficient (Wildman–Crippen LogP) is 2.21. The van der Waals surface area contributed by atoms with Gasteiger partial charge in [-0.1, -0.05) is 50.3 Å². The highest BCUT2D eigenvalue weighted by Crippen LogP contribution is 2.04. The molecule has 1 aromatic carbocycles. The first kappa shape index (κ1) is 26.7. The van der Waals surface area contributed by atoms with E-state index < -0.39 is 30.1 Å². The average Bonchev–Trinajstić information content (AvgIpc) is 2.79. The highest BCUT2D eigenvalue weighted by Gasteiger charge is 2.25. The van der Waals surface area contributed by atoms with Crippen molar-refractivity contribution >= 4 is 23.9 Å². The summed E-state index contributed by atoms with van der Waals surface area (Å²) in [7, 11) is 0. The smallest absolute Gasteiger partial charge is 0.408 e. The summed E-state index contributed by atoms with van der Waals surface area (Å²) >= 11 is 0. The molecule has 0 fully saturated rings. The minimum Gasteiger partial charge on any atom is -0.464 e. The molecule has 32 heavy (non-hydrogen) atoms. The lowest BCUT2D eigenvalue weighted by atomic mass is 10.1. The van der Waals surface area contributed by atoms with Crippen LogP contribution in [0.3, 0.4) is 0 Å². The molecule has 176 valence electrons. The zero-order valence-corrected chi connectivity index (χ0v) is 18.7. The summed E-state index contributed by atoms with van der Waals surface area (Å²) in [5.74, 6) is -1.42. The zero-order chi connectivity index (χ0) is 23.8. The van der Waals surface area contributed by atoms with Crippen LogP contribution in [0.15, 0.2) is 43.0 Å². The fourth-order valence-electron chi connectivity index (χ4n) is 2.56. The van der Waals surface area contributed by atoms with E-state index in [2.05, 4.69) is 22.5 Å². The third kappa shape index (κ3) is 11.1. The Labute approximate surface area is 188 Å². The minimum atomic E-state index is -0.926. The van der Waals surface area contributed by atoms with Gasteiger partial charge >= 0.3 is 12.1 Å². The van der Waals surface area contributed by atoms with E-state index >= 15 is 0 Å². The third-order valence-electron chi connectivity index (χ3n) is 4.44. The molecule has 0 heterocycles. The standard InChI is InChI=1S/C23H33N3O6/c1-4-6-15-31-22(29)19(13-10-14-24-20(27)5-2)26-21(28)17(3)25-23(30)32-16-18-11-8-7-9-12-18/h5,7-9,11-12,17,19H,2,4,6,10,13-16H2,1,3H3,(H,24,27)(H,25,30)(H,26,28). The van der Waals surface area contributed by atoms with E-state index in [0.717, 1.165) is 18.1 Å². The molecule has 0 bridgehead atoms. The highest BCUT2D eigenvalue weighted by atomic mass is 16.5. The Bertz CT molecular complexity index is 753. The number of amides is 3. The van der Waals surface area contributed by atoms with Crippen molar-refractivity contribution in [3.8, 4) is 0 Å². The van der Waals surface area contributed by atoms with Crippen molar-refractivity contribution < 1.29 is 28.7 Å². The van der Waals surface area contributed by atoms with Crippen LogP contribution in [-0.4, -0.2) is 49.1 Å². The number of unbranched alkanes of at least 4 members (excludes halogenated alkanes) is 1. The SMILES string of the molecule is C=CC(=O)NCCCC(NC(=O)C(C)NC(=O)OCc1ccccc1)C(=O)OCCCC. The minimum absolute atomic E-state index is 0.0732. The molecular weight excluding hydrogens is 414 g/mol. The summed E-state index contributed by atoms with van der Waals surface area (Å²) in [5.41, 5.74) is 0.818. The number of ether oxygens (including phenoxy) is 2. The van der Waals surface area contributed by atoms with E-state index in [1.54, 1.807) is 0 Å². The van der Waals surface area contributed by atoms with Gasteiger partial charge in [0.1, 0.15) is 18.7 Å². The van der Waals surface area contributed by atoms with E-state index in [0.29, 0.717) is 19.4 Å². The quantitative estimate of drug-likeness (QED) is 0.228. The fraction of sp³-hybridized carbons (Fsp3) is 0.478. The number of alkyl carbamates (subject to hydrolysis) is 1. The van der Waals surface area contributed by atoms with Gasteiger partial charge in [0.05, 0.1) is 6.61 Å². The Kier molecular flexibility index (Phi) is 12.9. The molecule has 2 unspecified atom stereocenters. The number of esters is 1. The maximum absolute atomic E-state index is 12.5. The maximum atomic E-state index is 12.5. The Morgan fingerprint density at radius 3 is 2.44 bits per heavy atom. The van der Waals surface area contributed by atoms with Crippen molar-refractivity contribution in [3.63, 3.8) is 0 Å². The summed E-state index contributed by atoms with van der Waals surface area (Å²) < 4.78 is 10.3. The number of carbonyl (C=O) groups excluding carboxylic acids is 4. The average molecular weight is 448 g/mol. The van der Waals surface area contributed by atoms with Gasteiger partial charge in [-0.2, -0.15) is 0 Å². The fourth-order valence-corrected chi connectivity index (χ4v) is 2.56. The van der Waals surface area contributed by atoms with Crippen LogP contribution in [0.4, 0.5) is 4.79 Å². The lowest BCUT2D eigenvalue weighted by Gasteiger charge is -2.20. The highest BCUT2D eigenvalue weighted by molar-refractivity contribution is 5.89. The van der Waals surface area contributed by atoms with E-state index in [1.165, 1.54) is 6.92 Å². The molecule has 0 spiro atoms. The van der Waals surface area contributed by atoms with Crippen LogP contribution in [0.25, 0.3) is 0 Å². The van der Waals surface area contributed by atoms with Gasteiger partial charge in [-0.15, -0.1) is 0 Å². The molecule has 0 aliphatic heterocycles. The van der Waals surface area contributed by atoms with Gasteiger partial charge in [0.15, 0.2) is 0 Å². The number of hydrogen-bond donors (Lipinski definition) is 3. The summed E-state index contributed by atoms with van der Waals surface area (Å²) in [6.07, 6.45) is 2.69. The van der Waals surface area contributed by atoms with E-state index in [-0.39, 0.29) is 25.5 Å². The molecule has 0 aliphatic carbocycles. The molecule has 3 amide bonds. The second kappa shape index (κ2) is 15.4. The normalized spacial score (nSPS) is 12.1. The summed E-state index contributed by atoms with van der Waals surface area (Å²) in [6, 6.07) is 7.32. The number of nitrogens with one attached hydrogen (secondary N) is 3. The molecule has 2 atom stereocenters. The van der Waals surface area contributed by atoms with E-state index in [4.69, 9.17) is 9.47 Å². The first-order chi connectivity index (χ1) is 15.4. The van der Waals surface area contributed by atoms with E-state index in [1.807, 2.05) is 37.3 Å². The van der Waals surface area contributed by atoms with Crippen molar-refractivity contribution in [2.45, 2.75) is 58.2 Å². The molecule has 1 aromatic rings. The molecular formula is C23H33N3O6. The van der Waals surface area contributed by atoms with Gasteiger partial charge in [0.25, 0.3) is 0 Å². The summed E-state index contributed by atoms with van der Waals surface area (Å²) in [6.45, 7) is 7.48. The molecule has 1 rings (SSSR count). The Morgan fingerprint density at radius 1 is 1.06 bits per heavy atom. The van der Waals surface area contributed by atoms with Crippen molar-refractivity contribution in [1.29, 1.82) is 0 Å². The van der Waals surface area contributed by atoms with Crippen molar-refractivity contribution in [2.75, 3.05) is 13.2 Å². The first-order valence-electron chi connectivity index (χ1n) is 10.7. The van der Waals surface area contributed by atoms with Gasteiger partial charge < -0.3 is 25.4 Å². The number of hydrogen-bond acceptors (Lipinski definition) is 6. The third-order valence-corrected chi connectivity index (χ3v) is 4.44. The maximum Gasteiger partial charge on any atom is 0.408 e. The molecule has 0 saturated heterocycles. The Balaban J connectivity index is 2.54. The second-order valence-corrected chi connectivity index (χ2v) is 7.15. The summed E-state index contributed by atoms with van der Waals surface area (Å²) in [4.78, 5) is 48.1. The van der Waals surface area contributed by atoms with Crippen LogP contribution in [0.5, 0.6) is 0 Å². The Morgan fingerprint density at radius 2 is 1.78 bits per heavy atom. The van der Waals surface area contributed by atoms with Gasteiger partial charge in [0, 0.05) is 6.54 Å². The predicted molar refractivity (Wildman–Crippen MR) is 119 cm³/mol. The van der Waals surface area contributed by atoms with Crippen LogP contribution < -0.4 is 16.0 Å². The molecule has 3 N–H and O–H groups in total. The first-order valence-corrected chi connectivity index (χ1v) is 10.7. The molecule has 0 aromatic heterocycles.